The molecule has 4 nitrogen and oxygen atoms in total. The van der Waals surface area contributed by atoms with E-state index in [1.54, 1.807) is 0 Å². The van der Waals surface area contributed by atoms with E-state index < -0.39 is 0 Å². The van der Waals surface area contributed by atoms with Crippen molar-refractivity contribution < 1.29 is 4.42 Å². The smallest absolute Gasteiger partial charge is 0.248 e. The zero-order valence-electron chi connectivity index (χ0n) is 37.1. The average molecular weight is 870 g/mol. The van der Waals surface area contributed by atoms with Gasteiger partial charge in [-0.1, -0.05) is 188 Å². The summed E-state index contributed by atoms with van der Waals surface area (Å²) in [6, 6.07) is 92.8. The molecule has 0 amide bonds. The minimum Gasteiger partial charge on any atom is -0.416 e. The summed E-state index contributed by atoms with van der Waals surface area (Å²) in [5.41, 5.74) is 16.6. The Morgan fingerprint density at radius 3 is 1.01 bits per heavy atom. The van der Waals surface area contributed by atoms with Crippen LogP contribution in [0.2, 0.25) is 0 Å². The van der Waals surface area contributed by atoms with Crippen LogP contribution in [0.4, 0.5) is 17.1 Å². The third-order valence-corrected chi connectivity index (χ3v) is 12.9. The lowest BCUT2D eigenvalue weighted by Crippen LogP contribution is -2.09. The molecular formula is C64H43N3O. The standard InChI is InChI=1S/C64H43N3O/c1-2-14-50(15-3-1)63-65-66-64(68-63)51-26-24-48(25-27-51)59-18-8-10-20-61(59)62-21-11-9-19-60(62)49-34-40-58(41-35-49)67(56-36-30-46(31-37-56)54-28-22-44-12-4-6-16-52(44)42-54)57-38-32-47(33-39-57)55-29-23-45-13-5-7-17-53(45)43-55/h1-43H. The maximum atomic E-state index is 6.07. The quantitative estimate of drug-likeness (QED) is 0.137. The molecule has 0 spiro atoms. The van der Waals surface area contributed by atoms with Crippen molar-refractivity contribution in [3.05, 3.63) is 261 Å². The lowest BCUT2D eigenvalue weighted by Gasteiger charge is -2.26. The van der Waals surface area contributed by atoms with Crippen molar-refractivity contribution in [3.63, 3.8) is 0 Å². The Labute approximate surface area is 395 Å². The highest BCUT2D eigenvalue weighted by molar-refractivity contribution is 5.93. The van der Waals surface area contributed by atoms with Crippen LogP contribution in [0.25, 0.3) is 100 Å². The van der Waals surface area contributed by atoms with E-state index >= 15 is 0 Å². The normalized spacial score (nSPS) is 11.2. The number of benzene rings is 11. The molecule has 11 aromatic carbocycles. The van der Waals surface area contributed by atoms with Crippen molar-refractivity contribution in [3.8, 4) is 78.5 Å². The van der Waals surface area contributed by atoms with Gasteiger partial charge in [0.25, 0.3) is 0 Å². The molecule has 0 atom stereocenters. The summed E-state index contributed by atoms with van der Waals surface area (Å²) in [5, 5.41) is 13.6. The minimum atomic E-state index is 0.493. The number of aromatic nitrogens is 2. The van der Waals surface area contributed by atoms with Crippen LogP contribution in [0.3, 0.4) is 0 Å². The Hall–Kier alpha value is -9.12. The van der Waals surface area contributed by atoms with Crippen LogP contribution in [-0.2, 0) is 0 Å². The number of nitrogens with zero attached hydrogens (tertiary/aromatic N) is 3. The predicted molar refractivity (Wildman–Crippen MR) is 282 cm³/mol. The highest BCUT2D eigenvalue weighted by atomic mass is 16.4. The summed E-state index contributed by atoms with van der Waals surface area (Å²) in [7, 11) is 0. The fourth-order valence-electron chi connectivity index (χ4n) is 9.35. The van der Waals surface area contributed by atoms with E-state index in [0.29, 0.717) is 11.8 Å². The van der Waals surface area contributed by atoms with Crippen molar-refractivity contribution in [1.82, 2.24) is 10.2 Å². The van der Waals surface area contributed by atoms with Gasteiger partial charge in [-0.15, -0.1) is 10.2 Å². The fourth-order valence-corrected chi connectivity index (χ4v) is 9.35. The van der Waals surface area contributed by atoms with Gasteiger partial charge >= 0.3 is 0 Å². The zero-order chi connectivity index (χ0) is 45.2. The molecule has 320 valence electrons. The first-order valence-electron chi connectivity index (χ1n) is 23.0. The van der Waals surface area contributed by atoms with Gasteiger partial charge in [-0.25, -0.2) is 0 Å². The van der Waals surface area contributed by atoms with Crippen molar-refractivity contribution in [1.29, 1.82) is 0 Å². The molecule has 0 saturated carbocycles. The monoisotopic (exact) mass is 869 g/mol. The van der Waals surface area contributed by atoms with Crippen molar-refractivity contribution in [2.45, 2.75) is 0 Å². The Morgan fingerprint density at radius 2 is 0.559 bits per heavy atom. The maximum absolute atomic E-state index is 6.07. The minimum absolute atomic E-state index is 0.493. The molecule has 12 rings (SSSR count). The second kappa shape index (κ2) is 17.7. The van der Waals surface area contributed by atoms with E-state index in [1.807, 2.05) is 30.3 Å². The molecule has 0 unspecified atom stereocenters. The molecule has 0 fully saturated rings. The summed E-state index contributed by atoms with van der Waals surface area (Å²) < 4.78 is 6.07. The molecule has 68 heavy (non-hydrogen) atoms. The van der Waals surface area contributed by atoms with Gasteiger partial charge in [0.1, 0.15) is 0 Å². The number of hydrogen-bond acceptors (Lipinski definition) is 4. The second-order valence-corrected chi connectivity index (χ2v) is 17.0. The fraction of sp³-hybridized carbons (Fsp3) is 0. The predicted octanol–water partition coefficient (Wildman–Crippen LogP) is 17.5. The molecule has 4 heteroatoms. The molecule has 0 radical (unpaired) electrons. The molecule has 0 aliphatic rings. The highest BCUT2D eigenvalue weighted by Gasteiger charge is 2.17. The summed E-state index contributed by atoms with van der Waals surface area (Å²) in [6.45, 7) is 0. The van der Waals surface area contributed by atoms with Crippen LogP contribution in [0, 0.1) is 0 Å². The summed E-state index contributed by atoms with van der Waals surface area (Å²) in [5.74, 6) is 0.998. The first-order valence-corrected chi connectivity index (χ1v) is 23.0. The first-order chi connectivity index (χ1) is 33.7. The summed E-state index contributed by atoms with van der Waals surface area (Å²) in [4.78, 5) is 2.35. The molecule has 0 saturated heterocycles. The van der Waals surface area contributed by atoms with Gasteiger partial charge in [-0.05, 0) is 150 Å². The van der Waals surface area contributed by atoms with Crippen LogP contribution in [-0.4, -0.2) is 10.2 Å². The number of rotatable bonds is 10. The van der Waals surface area contributed by atoms with E-state index in [-0.39, 0.29) is 0 Å². The first kappa shape index (κ1) is 40.4. The molecule has 0 N–H and O–H groups in total. The maximum Gasteiger partial charge on any atom is 0.248 e. The van der Waals surface area contributed by atoms with E-state index in [0.717, 1.165) is 61.6 Å². The third kappa shape index (κ3) is 7.91. The van der Waals surface area contributed by atoms with Gasteiger partial charge in [-0.2, -0.15) is 0 Å². The molecule has 0 bridgehead atoms. The third-order valence-electron chi connectivity index (χ3n) is 12.9. The topological polar surface area (TPSA) is 42.2 Å². The molecule has 0 aliphatic heterocycles. The number of anilines is 3. The van der Waals surface area contributed by atoms with Crippen LogP contribution in [0.1, 0.15) is 0 Å². The molecule has 1 heterocycles. The van der Waals surface area contributed by atoms with Gasteiger partial charge < -0.3 is 9.32 Å². The van der Waals surface area contributed by atoms with Crippen molar-refractivity contribution in [2.24, 2.45) is 0 Å². The van der Waals surface area contributed by atoms with E-state index in [2.05, 4.69) is 246 Å². The zero-order valence-corrected chi connectivity index (χ0v) is 37.1. The molecular weight excluding hydrogens is 827 g/mol. The Morgan fingerprint density at radius 1 is 0.235 bits per heavy atom. The second-order valence-electron chi connectivity index (χ2n) is 17.0. The van der Waals surface area contributed by atoms with Gasteiger partial charge in [0, 0.05) is 28.2 Å². The largest absolute Gasteiger partial charge is 0.416 e. The Kier molecular flexibility index (Phi) is 10.5. The molecule has 0 aliphatic carbocycles. The Bertz CT molecular complexity index is 3590. The van der Waals surface area contributed by atoms with Crippen LogP contribution in [0.5, 0.6) is 0 Å². The highest BCUT2D eigenvalue weighted by Crippen LogP contribution is 2.42. The van der Waals surface area contributed by atoms with E-state index in [9.17, 15) is 0 Å². The van der Waals surface area contributed by atoms with Crippen LogP contribution < -0.4 is 4.90 Å². The molecule has 1 aromatic heterocycles. The van der Waals surface area contributed by atoms with Crippen molar-refractivity contribution >= 4 is 38.6 Å². The lowest BCUT2D eigenvalue weighted by atomic mass is 9.89. The van der Waals surface area contributed by atoms with E-state index in [4.69, 9.17) is 4.42 Å². The SMILES string of the molecule is c1ccc(-c2nnc(-c3ccc(-c4ccccc4-c4ccccc4-c4ccc(N(c5ccc(-c6ccc7ccccc7c6)cc5)c5ccc(-c6ccc7ccccc7c6)cc5)cc4)cc3)o2)cc1. The van der Waals surface area contributed by atoms with Gasteiger partial charge in [0.2, 0.25) is 11.8 Å². The average Bonchev–Trinajstić information content (AvgIpc) is 3.92. The Balaban J connectivity index is 0.872. The van der Waals surface area contributed by atoms with Crippen molar-refractivity contribution in [2.75, 3.05) is 4.90 Å². The molecule has 12 aromatic rings. The number of hydrogen-bond donors (Lipinski definition) is 0. The lowest BCUT2D eigenvalue weighted by molar-refractivity contribution is 0.584. The van der Waals surface area contributed by atoms with Gasteiger partial charge in [-0.3, -0.25) is 0 Å². The van der Waals surface area contributed by atoms with Crippen LogP contribution >= 0.6 is 0 Å². The number of fused-ring (bicyclic) bond motifs is 2. The van der Waals surface area contributed by atoms with Gasteiger partial charge in [0.15, 0.2) is 0 Å². The van der Waals surface area contributed by atoms with E-state index in [1.165, 1.54) is 43.8 Å². The summed E-state index contributed by atoms with van der Waals surface area (Å²) >= 11 is 0. The van der Waals surface area contributed by atoms with Gasteiger partial charge in [0.05, 0.1) is 0 Å². The summed E-state index contributed by atoms with van der Waals surface area (Å²) in [6.07, 6.45) is 0. The van der Waals surface area contributed by atoms with Crippen LogP contribution in [0.15, 0.2) is 265 Å².